The molecule has 0 N–H and O–H groups in total. The molecule has 0 radical (unpaired) electrons. The summed E-state index contributed by atoms with van der Waals surface area (Å²) < 4.78 is 6.28. The second-order valence-electron chi connectivity index (χ2n) is 10.2. The van der Waals surface area contributed by atoms with E-state index in [1.165, 1.54) is 5.56 Å². The van der Waals surface area contributed by atoms with Crippen molar-refractivity contribution >= 4 is 17.3 Å². The first-order valence-corrected chi connectivity index (χ1v) is 12.8. The van der Waals surface area contributed by atoms with Crippen molar-refractivity contribution in [3.05, 3.63) is 78.9 Å². The fourth-order valence-electron chi connectivity index (χ4n) is 5.13. The number of rotatable bonds is 7. The molecule has 2 saturated carbocycles. The Hall–Kier alpha value is -3.15. The van der Waals surface area contributed by atoms with Crippen LogP contribution in [0.5, 0.6) is 5.75 Å². The maximum absolute atomic E-state index is 14.4. The van der Waals surface area contributed by atoms with E-state index in [0.717, 1.165) is 74.6 Å². The Morgan fingerprint density at radius 2 is 1.46 bits per heavy atom. The Bertz CT molecular complexity index is 1180. The van der Waals surface area contributed by atoms with Crippen LogP contribution in [-0.2, 0) is 4.79 Å². The van der Waals surface area contributed by atoms with Gasteiger partial charge in [0.05, 0.1) is 11.8 Å². The number of nitrogens with zero attached hydrogens (tertiary/aromatic N) is 3. The molecule has 0 aromatic heterocycles. The van der Waals surface area contributed by atoms with Gasteiger partial charge in [0.1, 0.15) is 11.3 Å². The van der Waals surface area contributed by atoms with E-state index in [1.807, 2.05) is 35.2 Å². The molecular weight excluding hydrogens is 434 g/mol. The average Bonchev–Trinajstić information content (AvgIpc) is 3.83. The summed E-state index contributed by atoms with van der Waals surface area (Å²) in [5.74, 6) is 0.964. The van der Waals surface area contributed by atoms with Crippen LogP contribution in [0, 0.1) is 0 Å². The second-order valence-corrected chi connectivity index (χ2v) is 10.2. The first-order valence-electron chi connectivity index (χ1n) is 12.8. The summed E-state index contributed by atoms with van der Waals surface area (Å²) >= 11 is 0. The third kappa shape index (κ3) is 4.46. The molecule has 3 fully saturated rings. The number of carbonyl (C=O) groups excluding carboxylic acids is 1. The summed E-state index contributed by atoms with van der Waals surface area (Å²) in [7, 11) is 2.16. The van der Waals surface area contributed by atoms with Crippen LogP contribution in [0.1, 0.15) is 25.7 Å². The summed E-state index contributed by atoms with van der Waals surface area (Å²) in [5, 5.41) is 0. The molecule has 180 valence electrons. The van der Waals surface area contributed by atoms with Crippen LogP contribution >= 0.6 is 0 Å². The molecule has 3 aromatic rings. The number of hydrogen-bond donors (Lipinski definition) is 0. The van der Waals surface area contributed by atoms with E-state index >= 15 is 0 Å². The van der Waals surface area contributed by atoms with E-state index in [0.29, 0.717) is 0 Å². The lowest BCUT2D eigenvalue weighted by Gasteiger charge is -2.40. The molecule has 5 heteroatoms. The molecule has 1 heterocycles. The summed E-state index contributed by atoms with van der Waals surface area (Å²) in [6.07, 6.45) is 4.26. The van der Waals surface area contributed by atoms with Crippen LogP contribution in [0.25, 0.3) is 11.1 Å². The van der Waals surface area contributed by atoms with Crippen molar-refractivity contribution in [1.82, 2.24) is 9.80 Å². The van der Waals surface area contributed by atoms with Gasteiger partial charge in [0.25, 0.3) is 5.91 Å². The Morgan fingerprint density at radius 3 is 2.11 bits per heavy atom. The number of hydrogen-bond acceptors (Lipinski definition) is 4. The highest BCUT2D eigenvalue weighted by Gasteiger charge is 2.57. The van der Waals surface area contributed by atoms with Gasteiger partial charge in [-0.15, -0.1) is 0 Å². The topological polar surface area (TPSA) is 36.0 Å². The fraction of sp³-hybridized carbons (Fsp3) is 0.367. The normalized spacial score (nSPS) is 19.8. The summed E-state index contributed by atoms with van der Waals surface area (Å²) in [6, 6.07) is 26.8. The minimum absolute atomic E-state index is 0.168. The highest BCUT2D eigenvalue weighted by molar-refractivity contribution is 6.08. The van der Waals surface area contributed by atoms with Crippen molar-refractivity contribution in [1.29, 1.82) is 0 Å². The van der Waals surface area contributed by atoms with Crippen LogP contribution < -0.4 is 9.64 Å². The number of carbonyl (C=O) groups is 1. The molecule has 3 aliphatic rings. The van der Waals surface area contributed by atoms with Crippen molar-refractivity contribution in [3.8, 4) is 16.9 Å². The molecule has 5 nitrogen and oxygen atoms in total. The zero-order valence-electron chi connectivity index (χ0n) is 20.4. The van der Waals surface area contributed by atoms with Gasteiger partial charge in [-0.2, -0.15) is 0 Å². The van der Waals surface area contributed by atoms with Gasteiger partial charge in [0, 0.05) is 31.9 Å². The molecule has 0 unspecified atom stereocenters. The molecule has 1 amide bonds. The van der Waals surface area contributed by atoms with E-state index in [4.69, 9.17) is 4.74 Å². The maximum atomic E-state index is 14.4. The van der Waals surface area contributed by atoms with Crippen LogP contribution in [0.2, 0.25) is 0 Å². The van der Waals surface area contributed by atoms with Crippen LogP contribution in [0.3, 0.4) is 0 Å². The van der Waals surface area contributed by atoms with E-state index in [1.54, 1.807) is 0 Å². The van der Waals surface area contributed by atoms with Crippen molar-refractivity contribution in [2.75, 3.05) is 38.1 Å². The first-order chi connectivity index (χ1) is 17.1. The molecule has 1 aliphatic heterocycles. The third-order valence-electron chi connectivity index (χ3n) is 7.59. The molecule has 0 atom stereocenters. The van der Waals surface area contributed by atoms with Gasteiger partial charge in [-0.25, -0.2) is 0 Å². The van der Waals surface area contributed by atoms with E-state index in [2.05, 4.69) is 65.4 Å². The molecule has 2 aliphatic carbocycles. The van der Waals surface area contributed by atoms with Crippen molar-refractivity contribution < 1.29 is 9.53 Å². The minimum atomic E-state index is -0.411. The highest BCUT2D eigenvalue weighted by atomic mass is 16.5. The van der Waals surface area contributed by atoms with Gasteiger partial charge in [-0.3, -0.25) is 14.6 Å². The van der Waals surface area contributed by atoms with E-state index in [9.17, 15) is 4.79 Å². The van der Waals surface area contributed by atoms with Crippen LogP contribution in [0.15, 0.2) is 78.9 Å². The van der Waals surface area contributed by atoms with Crippen LogP contribution in [-0.4, -0.2) is 60.6 Å². The highest BCUT2D eigenvalue weighted by Crippen LogP contribution is 2.48. The second kappa shape index (κ2) is 9.14. The van der Waals surface area contributed by atoms with Gasteiger partial charge in [0.15, 0.2) is 0 Å². The quantitative estimate of drug-likeness (QED) is 0.470. The summed E-state index contributed by atoms with van der Waals surface area (Å²) in [4.78, 5) is 21.1. The van der Waals surface area contributed by atoms with Gasteiger partial charge in [0.2, 0.25) is 0 Å². The maximum Gasteiger partial charge on any atom is 0.252 e. The zero-order valence-corrected chi connectivity index (χ0v) is 20.4. The smallest absolute Gasteiger partial charge is 0.252 e. The van der Waals surface area contributed by atoms with E-state index < -0.39 is 5.54 Å². The van der Waals surface area contributed by atoms with Gasteiger partial charge in [-0.1, -0.05) is 54.6 Å². The number of para-hydroxylation sites is 2. The van der Waals surface area contributed by atoms with Crippen molar-refractivity contribution in [3.63, 3.8) is 0 Å². The molecule has 1 saturated heterocycles. The monoisotopic (exact) mass is 467 g/mol. The Morgan fingerprint density at radius 1 is 0.829 bits per heavy atom. The number of anilines is 2. The lowest BCUT2D eigenvalue weighted by atomic mass is 10.0. The predicted molar refractivity (Wildman–Crippen MR) is 140 cm³/mol. The minimum Gasteiger partial charge on any atom is -0.488 e. The average molecular weight is 468 g/mol. The van der Waals surface area contributed by atoms with Gasteiger partial charge in [-0.05, 0) is 68.1 Å². The Labute approximate surface area is 207 Å². The zero-order chi connectivity index (χ0) is 23.8. The number of amides is 1. The summed E-state index contributed by atoms with van der Waals surface area (Å²) in [5.41, 5.74) is 3.64. The predicted octanol–water partition coefficient (Wildman–Crippen LogP) is 5.34. The number of piperazine rings is 1. The summed E-state index contributed by atoms with van der Waals surface area (Å²) in [6.45, 7) is 3.87. The lowest BCUT2D eigenvalue weighted by molar-refractivity contribution is -0.125. The molecule has 3 aromatic carbocycles. The fourth-order valence-corrected chi connectivity index (χ4v) is 5.13. The SMILES string of the molecule is CN1CCN(C2(C(=O)N(c3ccc(-c4ccccc4)cc3)c3ccccc3OC3CC3)CC2)CC1. The van der Waals surface area contributed by atoms with E-state index in [-0.39, 0.29) is 12.0 Å². The third-order valence-corrected chi connectivity index (χ3v) is 7.59. The first kappa shape index (κ1) is 22.3. The standard InChI is InChI=1S/C30H33N3O2/c1-31-19-21-32(22-20-31)30(17-18-30)29(34)33(27-9-5-6-10-28(27)35-26-15-16-26)25-13-11-24(12-14-25)23-7-3-2-4-8-23/h2-14,26H,15-22H2,1H3. The van der Waals surface area contributed by atoms with Gasteiger partial charge >= 0.3 is 0 Å². The largest absolute Gasteiger partial charge is 0.488 e. The van der Waals surface area contributed by atoms with Crippen molar-refractivity contribution in [2.45, 2.75) is 37.3 Å². The lowest BCUT2D eigenvalue weighted by Crippen LogP contribution is -2.56. The van der Waals surface area contributed by atoms with Crippen molar-refractivity contribution in [2.24, 2.45) is 0 Å². The molecule has 6 rings (SSSR count). The molecule has 0 bridgehead atoms. The number of ether oxygens (including phenoxy) is 1. The number of likely N-dealkylation sites (N-methyl/N-ethyl adjacent to an activating group) is 1. The van der Waals surface area contributed by atoms with Crippen LogP contribution in [0.4, 0.5) is 11.4 Å². The molecule has 0 spiro atoms. The molecule has 35 heavy (non-hydrogen) atoms. The molecular formula is C30H33N3O2. The Kier molecular flexibility index (Phi) is 5.83. The number of benzene rings is 3. The van der Waals surface area contributed by atoms with Gasteiger partial charge < -0.3 is 9.64 Å². The Balaban J connectivity index is 1.38.